The monoisotopic (exact) mass is 1370 g/mol. The topological polar surface area (TPSA) is 204 Å². The Morgan fingerprint density at radius 3 is 1.18 bits per heavy atom. The summed E-state index contributed by atoms with van der Waals surface area (Å²) in [5.41, 5.74) is 6.67. The molecule has 3 aliphatic heterocycles. The van der Waals surface area contributed by atoms with Gasteiger partial charge in [0.2, 0.25) is 0 Å². The van der Waals surface area contributed by atoms with Gasteiger partial charge in [-0.2, -0.15) is 0 Å². The second-order valence-corrected chi connectivity index (χ2v) is 27.4. The van der Waals surface area contributed by atoms with Crippen LogP contribution in [0.2, 0.25) is 10.0 Å². The first-order chi connectivity index (χ1) is 43.0. The Kier molecular flexibility index (Phi) is 25.2. The lowest BCUT2D eigenvalue weighted by Crippen LogP contribution is -2.28. The fraction of sp³-hybridized carbons (Fsp3) is 0.507. The van der Waals surface area contributed by atoms with Crippen LogP contribution in [0.3, 0.4) is 0 Å². The van der Waals surface area contributed by atoms with Crippen LogP contribution in [0.5, 0.6) is 23.0 Å². The van der Waals surface area contributed by atoms with Gasteiger partial charge in [-0.25, -0.2) is 14.4 Å². The lowest BCUT2D eigenvalue weighted by molar-refractivity contribution is 0.0513. The third-order valence-corrected chi connectivity index (χ3v) is 19.7. The van der Waals surface area contributed by atoms with E-state index >= 15 is 0 Å². The summed E-state index contributed by atoms with van der Waals surface area (Å²) in [6.07, 6.45) is 22.1. The van der Waals surface area contributed by atoms with Gasteiger partial charge in [0.1, 0.15) is 28.2 Å². The average molecular weight is 1370 g/mol. The highest BCUT2D eigenvalue weighted by Crippen LogP contribution is 2.46. The molecule has 0 bridgehead atoms. The van der Waals surface area contributed by atoms with Crippen molar-refractivity contribution >= 4 is 57.0 Å². The van der Waals surface area contributed by atoms with Crippen LogP contribution in [0.25, 0.3) is 33.8 Å². The van der Waals surface area contributed by atoms with Crippen LogP contribution in [-0.4, -0.2) is 79.2 Å². The minimum Gasteiger partial charge on any atom is -0.504 e. The Bertz CT molecular complexity index is 3810. The first-order valence-corrected chi connectivity index (χ1v) is 33.6. The van der Waals surface area contributed by atoms with Crippen LogP contribution >= 0.6 is 39.1 Å². The molecule has 3 aromatic heterocycles. The molecule has 12 rings (SSSR count). The van der Waals surface area contributed by atoms with Crippen LogP contribution in [-0.2, 0) is 28.7 Å². The van der Waals surface area contributed by atoms with Gasteiger partial charge in [-0.3, -0.25) is 14.4 Å². The van der Waals surface area contributed by atoms with E-state index in [2.05, 4.69) is 57.5 Å². The maximum Gasteiger partial charge on any atom is 0.343 e. The maximum atomic E-state index is 12.7. The minimum atomic E-state index is -1.20. The summed E-state index contributed by atoms with van der Waals surface area (Å²) in [5.74, 6) is 0.309. The smallest absolute Gasteiger partial charge is 0.343 e. The van der Waals surface area contributed by atoms with Crippen molar-refractivity contribution < 1.29 is 48.3 Å². The summed E-state index contributed by atoms with van der Waals surface area (Å²) in [4.78, 5) is 74.3. The van der Waals surface area contributed by atoms with E-state index in [1.165, 1.54) is 82.9 Å². The van der Waals surface area contributed by atoms with Crippen molar-refractivity contribution in [3.05, 3.63) is 147 Å². The summed E-state index contributed by atoms with van der Waals surface area (Å²) in [6, 6.07) is 15.9. The summed E-state index contributed by atoms with van der Waals surface area (Å²) < 4.78 is 33.6. The van der Waals surface area contributed by atoms with Gasteiger partial charge >= 0.3 is 17.9 Å². The molecule has 0 saturated heterocycles. The fourth-order valence-electron chi connectivity index (χ4n) is 13.3. The molecule has 92 heavy (non-hydrogen) atoms. The number of pyridine rings is 3. The molecule has 0 spiro atoms. The van der Waals surface area contributed by atoms with Gasteiger partial charge in [0, 0.05) is 76.4 Å². The fourth-order valence-corrected chi connectivity index (χ4v) is 14.3. The number of ether oxygens (including phenoxy) is 5. The van der Waals surface area contributed by atoms with E-state index in [-0.39, 0.29) is 104 Å². The van der Waals surface area contributed by atoms with E-state index in [9.17, 15) is 39.0 Å². The van der Waals surface area contributed by atoms with Crippen molar-refractivity contribution in [1.82, 2.24) is 13.7 Å². The van der Waals surface area contributed by atoms with Gasteiger partial charge in [0.15, 0.2) is 27.8 Å². The molecule has 19 heteroatoms. The molecule has 6 aromatic rings. The number of hydrogen-bond donors (Lipinski definition) is 2. The molecule has 6 heterocycles. The predicted octanol–water partition coefficient (Wildman–Crippen LogP) is 17.1. The van der Waals surface area contributed by atoms with Gasteiger partial charge in [-0.15, -0.1) is 0 Å². The van der Waals surface area contributed by atoms with Crippen LogP contribution in [0.15, 0.2) is 87.6 Å². The number of rotatable bonds is 13. The summed E-state index contributed by atoms with van der Waals surface area (Å²) in [6.45, 7) is 16.6. The molecule has 6 aliphatic rings. The Hall–Kier alpha value is -6.82. The Balaban J connectivity index is 0.000000185. The van der Waals surface area contributed by atoms with E-state index < -0.39 is 23.3 Å². The number of nitrogens with zero attached hydrogens (tertiary/aromatic N) is 3. The van der Waals surface area contributed by atoms with E-state index in [4.69, 9.17) is 46.9 Å². The number of hydrogen-bond acceptors (Lipinski definition) is 12. The molecule has 3 atom stereocenters. The summed E-state index contributed by atoms with van der Waals surface area (Å²) >= 11 is 16.6. The van der Waals surface area contributed by atoms with Crippen LogP contribution < -0.4 is 30.5 Å². The summed E-state index contributed by atoms with van der Waals surface area (Å²) in [7, 11) is 1.48. The highest BCUT2D eigenvalue weighted by Gasteiger charge is 2.34. The SMILES string of the molecule is BrC1CCCC1.C.C.CC(C)C1Cc2cc(OC3CCCC3)c(Cl)cc2-c2cc(=O)c(C(=O)O)cn21.CCOC(=O)c1cn2c(cc1=O)-c1cc(Cl)c(OC3CCCC3)cc1CC2C(C)C.CCOC(=O)c1cn2c(cc1=O)-c1cc(OC)c(O)cc1CC2C(C)C. The molecule has 3 aromatic carbocycles. The third kappa shape index (κ3) is 16.2. The lowest BCUT2D eigenvalue weighted by atomic mass is 9.87. The van der Waals surface area contributed by atoms with Crippen molar-refractivity contribution in [2.45, 2.75) is 202 Å². The molecule has 3 fully saturated rings. The van der Waals surface area contributed by atoms with Crippen molar-refractivity contribution in [3.63, 3.8) is 0 Å². The number of carboxylic acid groups (broad SMARTS) is 1. The minimum absolute atomic E-state index is 0. The predicted molar refractivity (Wildman–Crippen MR) is 369 cm³/mol. The normalized spacial score (nSPS) is 17.7. The van der Waals surface area contributed by atoms with E-state index in [1.807, 2.05) is 38.0 Å². The van der Waals surface area contributed by atoms with Crippen molar-refractivity contribution in [2.24, 2.45) is 17.8 Å². The van der Waals surface area contributed by atoms with Gasteiger partial charge in [0.05, 0.1) is 59.7 Å². The lowest BCUT2D eigenvalue weighted by Gasteiger charge is -2.34. The molecular formula is C73H92BrCl2N3O13. The number of methoxy groups -OCH3 is 1. The first kappa shape index (κ1) is 72.6. The van der Waals surface area contributed by atoms with Crippen LogP contribution in [0, 0.1) is 17.8 Å². The maximum absolute atomic E-state index is 12.7. The molecule has 0 radical (unpaired) electrons. The molecule has 0 amide bonds. The van der Waals surface area contributed by atoms with Crippen LogP contribution in [0.1, 0.15) is 213 Å². The first-order valence-electron chi connectivity index (χ1n) is 31.9. The van der Waals surface area contributed by atoms with Gasteiger partial charge in [0.25, 0.3) is 0 Å². The number of fused-ring (bicyclic) bond motifs is 9. The van der Waals surface area contributed by atoms with Crippen molar-refractivity contribution in [2.75, 3.05) is 20.3 Å². The number of halogens is 3. The number of phenols is 1. The zero-order valence-electron chi connectivity index (χ0n) is 53.0. The number of esters is 2. The van der Waals surface area contributed by atoms with E-state index in [0.717, 1.165) is 88.2 Å². The summed E-state index contributed by atoms with van der Waals surface area (Å²) in [5, 5.41) is 20.5. The standard InChI is InChI=1S/C24H28ClNO4.C22H24ClNO4.C20H23NO5.C5H9Br.2CH4/c1-4-29-24(28)18-13-26-20(14(2)3)9-15-10-23(30-16-7-5-6-8-16)19(25)11-17(15)21(26)12-22(18)27;1-12(2)18-7-13-8-21(28-14-5-3-4-6-14)17(23)9-15(13)19-10-20(25)16(22(26)27)11-24(18)19;1-5-26-20(24)14-10-21-15(11(2)3)6-12-7-18(23)19(25-4)8-13(12)16(21)9-17(14)22;6-5-3-1-2-4-5;;/h10-14,16,20H,4-9H2,1-3H3;8-12,14,18H,3-7H2,1-2H3,(H,26,27);7-11,15,23H,5-6H2,1-4H3;5H,1-4H2;2*1H4. The van der Waals surface area contributed by atoms with Gasteiger partial charge in [-0.1, -0.05) is 108 Å². The number of carbonyl (C=O) groups is 3. The second kappa shape index (κ2) is 31.9. The highest BCUT2D eigenvalue weighted by atomic mass is 79.9. The molecular weight excluding hydrogens is 1280 g/mol. The molecule has 2 N–H and O–H groups in total. The third-order valence-electron chi connectivity index (χ3n) is 18.2. The molecule has 3 aliphatic carbocycles. The number of aromatic hydroxyl groups is 1. The Morgan fingerprint density at radius 1 is 0.522 bits per heavy atom. The van der Waals surface area contributed by atoms with Crippen molar-refractivity contribution in [1.29, 1.82) is 0 Å². The number of aromatic carboxylic acids is 1. The van der Waals surface area contributed by atoms with Gasteiger partial charge < -0.3 is 47.6 Å². The zero-order chi connectivity index (χ0) is 64.8. The molecule has 498 valence electrons. The molecule has 3 saturated carbocycles. The zero-order valence-corrected chi connectivity index (χ0v) is 56.1. The molecule has 16 nitrogen and oxygen atoms in total. The number of alkyl halides is 1. The van der Waals surface area contributed by atoms with E-state index in [1.54, 1.807) is 38.4 Å². The number of phenolic OH excluding ortho intramolecular Hbond substituents is 1. The average Bonchev–Trinajstić information content (AvgIpc) is 1.24. The quantitative estimate of drug-likeness (QED) is 0.0817. The second-order valence-electron chi connectivity index (χ2n) is 25.3. The van der Waals surface area contributed by atoms with Crippen LogP contribution in [0.4, 0.5) is 0 Å². The van der Waals surface area contributed by atoms with E-state index in [0.29, 0.717) is 45.3 Å². The Morgan fingerprint density at radius 2 is 0.859 bits per heavy atom. The number of aromatic nitrogens is 3. The largest absolute Gasteiger partial charge is 0.504 e. The number of carboxylic acids is 1. The molecule has 3 unspecified atom stereocenters. The number of benzene rings is 3. The Labute approximate surface area is 559 Å². The van der Waals surface area contributed by atoms with Crippen molar-refractivity contribution in [3.8, 4) is 56.8 Å². The number of carbonyl (C=O) groups excluding carboxylic acids is 2. The van der Waals surface area contributed by atoms with Gasteiger partial charge in [-0.05, 0) is 168 Å². The highest BCUT2D eigenvalue weighted by molar-refractivity contribution is 9.09.